The Labute approximate surface area is 92.0 Å². The number of rotatable bonds is 4. The summed E-state index contributed by atoms with van der Waals surface area (Å²) < 4.78 is 4.85. The van der Waals surface area contributed by atoms with Crippen LogP contribution >= 0.6 is 0 Å². The Morgan fingerprint density at radius 2 is 2.25 bits per heavy atom. The SMILES string of the molecule is COc1ncnc(NC2(C)CC2)c1[N+](=O)[O-]. The van der Waals surface area contributed by atoms with E-state index < -0.39 is 4.92 Å². The number of nitrogens with one attached hydrogen (secondary N) is 1. The summed E-state index contributed by atoms with van der Waals surface area (Å²) in [6.07, 6.45) is 3.22. The van der Waals surface area contributed by atoms with Gasteiger partial charge in [0.1, 0.15) is 6.33 Å². The van der Waals surface area contributed by atoms with Crippen LogP contribution in [-0.2, 0) is 0 Å². The van der Waals surface area contributed by atoms with E-state index in [1.54, 1.807) is 0 Å². The third kappa shape index (κ3) is 1.88. The zero-order valence-corrected chi connectivity index (χ0v) is 9.06. The normalized spacial score (nSPS) is 16.6. The summed E-state index contributed by atoms with van der Waals surface area (Å²) in [5.74, 6) is 0.198. The summed E-state index contributed by atoms with van der Waals surface area (Å²) >= 11 is 0. The molecule has 0 bridgehead atoms. The molecule has 1 aromatic rings. The number of hydrogen-bond acceptors (Lipinski definition) is 6. The van der Waals surface area contributed by atoms with Crippen molar-refractivity contribution in [2.75, 3.05) is 12.4 Å². The largest absolute Gasteiger partial charge is 0.476 e. The van der Waals surface area contributed by atoms with Crippen LogP contribution in [0.4, 0.5) is 11.5 Å². The van der Waals surface area contributed by atoms with Crippen molar-refractivity contribution >= 4 is 11.5 Å². The molecule has 1 heterocycles. The van der Waals surface area contributed by atoms with Crippen LogP contribution in [-0.4, -0.2) is 27.5 Å². The second kappa shape index (κ2) is 3.58. The first kappa shape index (κ1) is 10.6. The fourth-order valence-electron chi connectivity index (χ4n) is 1.37. The number of nitrogens with zero attached hydrogens (tertiary/aromatic N) is 3. The molecule has 0 spiro atoms. The van der Waals surface area contributed by atoms with Crippen molar-refractivity contribution in [3.05, 3.63) is 16.4 Å². The number of anilines is 1. The predicted octanol–water partition coefficient (Wildman–Crippen LogP) is 1.36. The van der Waals surface area contributed by atoms with E-state index in [4.69, 9.17) is 4.74 Å². The molecule has 7 heteroatoms. The lowest BCUT2D eigenvalue weighted by Gasteiger charge is -2.12. The molecule has 0 radical (unpaired) electrons. The Hall–Kier alpha value is -1.92. The third-order valence-electron chi connectivity index (χ3n) is 2.58. The average molecular weight is 224 g/mol. The fourth-order valence-corrected chi connectivity index (χ4v) is 1.37. The Morgan fingerprint density at radius 1 is 1.56 bits per heavy atom. The van der Waals surface area contributed by atoms with Crippen molar-refractivity contribution in [3.8, 4) is 5.88 Å². The zero-order valence-electron chi connectivity index (χ0n) is 9.06. The molecule has 16 heavy (non-hydrogen) atoms. The van der Waals surface area contributed by atoms with Crippen LogP contribution in [0.1, 0.15) is 19.8 Å². The number of ether oxygens (including phenoxy) is 1. The highest BCUT2D eigenvalue weighted by Crippen LogP contribution is 2.41. The van der Waals surface area contributed by atoms with Crippen molar-refractivity contribution in [2.45, 2.75) is 25.3 Å². The van der Waals surface area contributed by atoms with E-state index in [9.17, 15) is 10.1 Å². The highest BCUT2D eigenvalue weighted by molar-refractivity contribution is 5.62. The maximum atomic E-state index is 10.9. The van der Waals surface area contributed by atoms with E-state index in [0.29, 0.717) is 0 Å². The Morgan fingerprint density at radius 3 is 2.75 bits per heavy atom. The summed E-state index contributed by atoms with van der Waals surface area (Å²) in [6, 6.07) is 0. The first-order chi connectivity index (χ1) is 7.56. The Balaban J connectivity index is 2.39. The minimum absolute atomic E-state index is 0.0215. The molecule has 1 N–H and O–H groups in total. The smallest absolute Gasteiger partial charge is 0.372 e. The van der Waals surface area contributed by atoms with E-state index in [1.165, 1.54) is 13.4 Å². The minimum Gasteiger partial charge on any atom is -0.476 e. The zero-order chi connectivity index (χ0) is 11.8. The van der Waals surface area contributed by atoms with E-state index in [-0.39, 0.29) is 22.9 Å². The van der Waals surface area contributed by atoms with Crippen molar-refractivity contribution in [1.29, 1.82) is 0 Å². The van der Waals surface area contributed by atoms with Gasteiger partial charge in [-0.2, -0.15) is 4.98 Å². The molecule has 1 fully saturated rings. The number of methoxy groups -OCH3 is 1. The average Bonchev–Trinajstić information content (AvgIpc) is 2.95. The molecule has 86 valence electrons. The maximum Gasteiger partial charge on any atom is 0.372 e. The Kier molecular flexibility index (Phi) is 2.37. The number of hydrogen-bond donors (Lipinski definition) is 1. The molecule has 0 amide bonds. The van der Waals surface area contributed by atoms with Crippen LogP contribution in [0.5, 0.6) is 5.88 Å². The van der Waals surface area contributed by atoms with Gasteiger partial charge in [0.05, 0.1) is 12.0 Å². The molecule has 0 saturated heterocycles. The van der Waals surface area contributed by atoms with Crippen molar-refractivity contribution in [3.63, 3.8) is 0 Å². The van der Waals surface area contributed by atoms with Gasteiger partial charge < -0.3 is 10.1 Å². The van der Waals surface area contributed by atoms with Crippen LogP contribution < -0.4 is 10.1 Å². The lowest BCUT2D eigenvalue weighted by Crippen LogP contribution is -2.18. The number of nitro groups is 1. The monoisotopic (exact) mass is 224 g/mol. The van der Waals surface area contributed by atoms with Crippen molar-refractivity contribution < 1.29 is 9.66 Å². The van der Waals surface area contributed by atoms with E-state index in [0.717, 1.165) is 12.8 Å². The van der Waals surface area contributed by atoms with E-state index in [2.05, 4.69) is 15.3 Å². The highest BCUT2D eigenvalue weighted by atomic mass is 16.6. The minimum atomic E-state index is -0.535. The number of aromatic nitrogens is 2. The second-order valence-corrected chi connectivity index (χ2v) is 4.02. The molecule has 1 aromatic heterocycles. The van der Waals surface area contributed by atoms with Crippen molar-refractivity contribution in [2.24, 2.45) is 0 Å². The summed E-state index contributed by atoms with van der Waals surface area (Å²) in [7, 11) is 1.35. The highest BCUT2D eigenvalue weighted by Gasteiger charge is 2.40. The molecular formula is C9H12N4O3. The van der Waals surface area contributed by atoms with Gasteiger partial charge in [0.25, 0.3) is 5.88 Å². The summed E-state index contributed by atoms with van der Waals surface area (Å²) in [5.41, 5.74) is -0.289. The first-order valence-corrected chi connectivity index (χ1v) is 4.87. The van der Waals surface area contributed by atoms with Gasteiger partial charge in [0, 0.05) is 5.54 Å². The van der Waals surface area contributed by atoms with Gasteiger partial charge in [-0.25, -0.2) is 4.98 Å². The maximum absolute atomic E-state index is 10.9. The van der Waals surface area contributed by atoms with Gasteiger partial charge in [-0.05, 0) is 19.8 Å². The summed E-state index contributed by atoms with van der Waals surface area (Å²) in [4.78, 5) is 18.0. The molecule has 1 aliphatic carbocycles. The third-order valence-corrected chi connectivity index (χ3v) is 2.58. The molecule has 1 saturated carbocycles. The van der Waals surface area contributed by atoms with Crippen LogP contribution in [0.25, 0.3) is 0 Å². The standard InChI is InChI=1S/C9H12N4O3/c1-9(3-4-9)12-7-6(13(14)15)8(16-2)11-5-10-7/h5H,3-4H2,1-2H3,(H,10,11,12). The molecule has 0 aliphatic heterocycles. The predicted molar refractivity (Wildman–Crippen MR) is 56.5 cm³/mol. The van der Waals surface area contributed by atoms with Gasteiger partial charge in [-0.1, -0.05) is 0 Å². The summed E-state index contributed by atoms with van der Waals surface area (Å²) in [6.45, 7) is 1.99. The van der Waals surface area contributed by atoms with E-state index in [1.807, 2.05) is 6.92 Å². The lowest BCUT2D eigenvalue weighted by atomic mass is 10.3. The first-order valence-electron chi connectivity index (χ1n) is 4.87. The van der Waals surface area contributed by atoms with Crippen LogP contribution in [0.15, 0.2) is 6.33 Å². The second-order valence-electron chi connectivity index (χ2n) is 4.02. The molecule has 0 unspecified atom stereocenters. The fraction of sp³-hybridized carbons (Fsp3) is 0.556. The van der Waals surface area contributed by atoms with Gasteiger partial charge in [0.2, 0.25) is 5.82 Å². The van der Waals surface area contributed by atoms with E-state index >= 15 is 0 Å². The lowest BCUT2D eigenvalue weighted by molar-refractivity contribution is -0.385. The molecule has 0 atom stereocenters. The van der Waals surface area contributed by atoms with Crippen LogP contribution in [0.3, 0.4) is 0 Å². The Bertz CT molecular complexity index is 431. The van der Waals surface area contributed by atoms with Gasteiger partial charge in [-0.15, -0.1) is 0 Å². The molecular weight excluding hydrogens is 212 g/mol. The topological polar surface area (TPSA) is 90.2 Å². The molecule has 7 nitrogen and oxygen atoms in total. The van der Waals surface area contributed by atoms with Crippen LogP contribution in [0, 0.1) is 10.1 Å². The molecule has 0 aromatic carbocycles. The molecule has 2 rings (SSSR count). The quantitative estimate of drug-likeness (QED) is 0.613. The van der Waals surface area contributed by atoms with Gasteiger partial charge in [-0.3, -0.25) is 10.1 Å². The molecule has 1 aliphatic rings. The van der Waals surface area contributed by atoms with Crippen LogP contribution in [0.2, 0.25) is 0 Å². The van der Waals surface area contributed by atoms with Crippen molar-refractivity contribution in [1.82, 2.24) is 9.97 Å². The van der Waals surface area contributed by atoms with Gasteiger partial charge in [0.15, 0.2) is 0 Å². The van der Waals surface area contributed by atoms with Gasteiger partial charge >= 0.3 is 5.69 Å². The summed E-state index contributed by atoms with van der Waals surface area (Å²) in [5, 5.41) is 14.0.